The van der Waals surface area contributed by atoms with Crippen LogP contribution in [0.2, 0.25) is 0 Å². The van der Waals surface area contributed by atoms with E-state index < -0.39 is 11.6 Å². The zero-order chi connectivity index (χ0) is 13.0. The summed E-state index contributed by atoms with van der Waals surface area (Å²) in [6, 6.07) is 3.91. The number of aromatic nitrogens is 1. The van der Waals surface area contributed by atoms with Gasteiger partial charge in [-0.05, 0) is 19.0 Å². The lowest BCUT2D eigenvalue weighted by Gasteiger charge is -2.18. The predicted molar refractivity (Wildman–Crippen MR) is 68.6 cm³/mol. The summed E-state index contributed by atoms with van der Waals surface area (Å²) in [5.74, 6) is -1.61. The van der Waals surface area contributed by atoms with Gasteiger partial charge in [-0.1, -0.05) is 19.1 Å². The molecule has 0 aliphatic carbocycles. The highest BCUT2D eigenvalue weighted by atomic mass is 32.1. The lowest BCUT2D eigenvalue weighted by atomic mass is 10.0. The molecule has 5 heteroatoms. The van der Waals surface area contributed by atoms with Gasteiger partial charge in [0.2, 0.25) is 0 Å². The van der Waals surface area contributed by atoms with Crippen LogP contribution in [0.1, 0.15) is 29.8 Å². The molecule has 18 heavy (non-hydrogen) atoms. The summed E-state index contributed by atoms with van der Waals surface area (Å²) in [6.45, 7) is 2.76. The summed E-state index contributed by atoms with van der Waals surface area (Å²) in [6.07, 6.45) is 2.61. The van der Waals surface area contributed by atoms with Crippen LogP contribution < -0.4 is 5.32 Å². The quantitative estimate of drug-likeness (QED) is 0.897. The number of thiazole rings is 1. The van der Waals surface area contributed by atoms with Crippen LogP contribution in [0, 0.1) is 11.6 Å². The molecule has 0 saturated carbocycles. The molecule has 0 spiro atoms. The van der Waals surface area contributed by atoms with E-state index in [4.69, 9.17) is 0 Å². The van der Waals surface area contributed by atoms with E-state index in [0.717, 1.165) is 23.9 Å². The van der Waals surface area contributed by atoms with Gasteiger partial charge in [0.25, 0.3) is 0 Å². The summed E-state index contributed by atoms with van der Waals surface area (Å²) in [4.78, 5) is 4.87. The number of nitrogens with one attached hydrogen (secondary N) is 1. The Morgan fingerprint density at radius 2 is 2.22 bits per heavy atom. The minimum absolute atomic E-state index is 0.327. The first-order valence-electron chi connectivity index (χ1n) is 5.79. The molecule has 0 radical (unpaired) electrons. The molecule has 1 atom stereocenters. The van der Waals surface area contributed by atoms with Crippen molar-refractivity contribution in [3.05, 3.63) is 52.0 Å². The molecule has 0 aliphatic rings. The number of hydrogen-bond donors (Lipinski definition) is 1. The normalized spacial score (nSPS) is 12.6. The number of hydrogen-bond acceptors (Lipinski definition) is 3. The van der Waals surface area contributed by atoms with Gasteiger partial charge in [0.1, 0.15) is 0 Å². The van der Waals surface area contributed by atoms with Gasteiger partial charge >= 0.3 is 0 Å². The van der Waals surface area contributed by atoms with Gasteiger partial charge in [0, 0.05) is 16.6 Å². The number of rotatable bonds is 5. The van der Waals surface area contributed by atoms with Crippen molar-refractivity contribution in [2.45, 2.75) is 19.4 Å². The number of benzene rings is 1. The summed E-state index contributed by atoms with van der Waals surface area (Å²) in [7, 11) is 0. The third-order valence-electron chi connectivity index (χ3n) is 2.63. The van der Waals surface area contributed by atoms with Crippen LogP contribution >= 0.6 is 11.3 Å². The van der Waals surface area contributed by atoms with Gasteiger partial charge in [0.05, 0.1) is 11.6 Å². The van der Waals surface area contributed by atoms with Crippen molar-refractivity contribution in [1.82, 2.24) is 10.3 Å². The molecular weight excluding hydrogens is 254 g/mol. The fourth-order valence-corrected chi connectivity index (χ4v) is 2.48. The van der Waals surface area contributed by atoms with Gasteiger partial charge in [-0.2, -0.15) is 0 Å². The van der Waals surface area contributed by atoms with Crippen LogP contribution in [0.15, 0.2) is 29.9 Å². The van der Waals surface area contributed by atoms with E-state index in [1.54, 1.807) is 17.8 Å². The van der Waals surface area contributed by atoms with Crippen molar-refractivity contribution in [3.63, 3.8) is 0 Å². The van der Waals surface area contributed by atoms with Gasteiger partial charge in [0.15, 0.2) is 11.6 Å². The second kappa shape index (κ2) is 6.02. The average Bonchev–Trinajstić information content (AvgIpc) is 2.88. The molecule has 1 heterocycles. The molecule has 0 amide bonds. The molecule has 2 rings (SSSR count). The van der Waals surface area contributed by atoms with E-state index in [1.165, 1.54) is 17.4 Å². The third-order valence-corrected chi connectivity index (χ3v) is 3.47. The van der Waals surface area contributed by atoms with Crippen molar-refractivity contribution >= 4 is 11.3 Å². The second-order valence-corrected chi connectivity index (χ2v) is 4.85. The Hall–Kier alpha value is -1.33. The Bertz CT molecular complexity index is 500. The maximum absolute atomic E-state index is 13.8. The van der Waals surface area contributed by atoms with E-state index in [2.05, 4.69) is 10.3 Å². The first kappa shape index (κ1) is 13.1. The zero-order valence-electron chi connectivity index (χ0n) is 9.99. The molecule has 1 aromatic carbocycles. The van der Waals surface area contributed by atoms with Crippen molar-refractivity contribution in [1.29, 1.82) is 0 Å². The van der Waals surface area contributed by atoms with Gasteiger partial charge in [-0.25, -0.2) is 8.78 Å². The van der Waals surface area contributed by atoms with Crippen LogP contribution in [0.25, 0.3) is 0 Å². The van der Waals surface area contributed by atoms with Crippen molar-refractivity contribution in [2.75, 3.05) is 6.54 Å². The Morgan fingerprint density at radius 1 is 1.39 bits per heavy atom. The molecule has 1 aromatic heterocycles. The summed E-state index contributed by atoms with van der Waals surface area (Å²) in [5, 5.41) is 3.22. The Labute approximate surface area is 109 Å². The molecule has 0 fully saturated rings. The summed E-state index contributed by atoms with van der Waals surface area (Å²) < 4.78 is 27.1. The van der Waals surface area contributed by atoms with E-state index >= 15 is 0 Å². The number of halogens is 2. The number of nitrogens with zero attached hydrogens (tertiary/aromatic N) is 1. The lowest BCUT2D eigenvalue weighted by Crippen LogP contribution is -2.23. The monoisotopic (exact) mass is 268 g/mol. The zero-order valence-corrected chi connectivity index (χ0v) is 10.8. The molecule has 1 N–H and O–H groups in total. The largest absolute Gasteiger partial charge is 0.305 e. The predicted octanol–water partition coefficient (Wildman–Crippen LogP) is 3.51. The standard InChI is InChI=1S/C13H14F2N2S/c1-2-6-17-13(11-7-16-8-18-11)9-4-3-5-10(14)12(9)15/h3-5,7-8,13,17H,2,6H2,1H3. The molecule has 0 bridgehead atoms. The van der Waals surface area contributed by atoms with Gasteiger partial charge < -0.3 is 5.32 Å². The Kier molecular flexibility index (Phi) is 4.38. The molecule has 2 nitrogen and oxygen atoms in total. The first-order chi connectivity index (χ1) is 8.74. The van der Waals surface area contributed by atoms with Crippen LogP contribution in [0.5, 0.6) is 0 Å². The summed E-state index contributed by atoms with van der Waals surface area (Å²) in [5.41, 5.74) is 2.01. The van der Waals surface area contributed by atoms with Crippen LogP contribution in [-0.4, -0.2) is 11.5 Å². The van der Waals surface area contributed by atoms with Crippen LogP contribution in [0.4, 0.5) is 8.78 Å². The third kappa shape index (κ3) is 2.73. The smallest absolute Gasteiger partial charge is 0.163 e. The van der Waals surface area contributed by atoms with E-state index in [9.17, 15) is 8.78 Å². The minimum Gasteiger partial charge on any atom is -0.305 e. The topological polar surface area (TPSA) is 24.9 Å². The van der Waals surface area contributed by atoms with E-state index in [0.29, 0.717) is 5.56 Å². The van der Waals surface area contributed by atoms with Gasteiger partial charge in [-0.15, -0.1) is 11.3 Å². The molecular formula is C13H14F2N2S. The fourth-order valence-electron chi connectivity index (χ4n) is 1.76. The van der Waals surface area contributed by atoms with Gasteiger partial charge in [-0.3, -0.25) is 4.98 Å². The first-order valence-corrected chi connectivity index (χ1v) is 6.67. The Morgan fingerprint density at radius 3 is 2.89 bits per heavy atom. The second-order valence-electron chi connectivity index (χ2n) is 3.93. The molecule has 0 aliphatic heterocycles. The van der Waals surface area contributed by atoms with Crippen LogP contribution in [0.3, 0.4) is 0 Å². The maximum atomic E-state index is 13.8. The van der Waals surface area contributed by atoms with E-state index in [-0.39, 0.29) is 6.04 Å². The van der Waals surface area contributed by atoms with Crippen LogP contribution in [-0.2, 0) is 0 Å². The average molecular weight is 268 g/mol. The molecule has 2 aromatic rings. The highest BCUT2D eigenvalue weighted by molar-refractivity contribution is 7.09. The molecule has 0 saturated heterocycles. The SMILES string of the molecule is CCCNC(c1cncs1)c1cccc(F)c1F. The minimum atomic E-state index is -0.819. The van der Waals surface area contributed by atoms with Crippen molar-refractivity contribution in [2.24, 2.45) is 0 Å². The van der Waals surface area contributed by atoms with Crippen molar-refractivity contribution < 1.29 is 8.78 Å². The summed E-state index contributed by atoms with van der Waals surface area (Å²) >= 11 is 1.43. The molecule has 1 unspecified atom stereocenters. The van der Waals surface area contributed by atoms with Crippen molar-refractivity contribution in [3.8, 4) is 0 Å². The Balaban J connectivity index is 2.37. The molecule has 96 valence electrons. The lowest BCUT2D eigenvalue weighted by molar-refractivity contribution is 0.481. The fraction of sp³-hybridized carbons (Fsp3) is 0.308. The van der Waals surface area contributed by atoms with E-state index in [1.807, 2.05) is 6.92 Å². The highest BCUT2D eigenvalue weighted by Gasteiger charge is 2.20. The maximum Gasteiger partial charge on any atom is 0.163 e. The highest BCUT2D eigenvalue weighted by Crippen LogP contribution is 2.27.